The molecule has 5 fully saturated rings. The van der Waals surface area contributed by atoms with Crippen molar-refractivity contribution < 1.29 is 24.8 Å². The summed E-state index contributed by atoms with van der Waals surface area (Å²) in [6.07, 6.45) is 9.40. The zero-order chi connectivity index (χ0) is 19.6. The lowest BCUT2D eigenvalue weighted by Crippen LogP contribution is -2.61. The van der Waals surface area contributed by atoms with Crippen LogP contribution in [0, 0.1) is 23.2 Å². The summed E-state index contributed by atoms with van der Waals surface area (Å²) in [7, 11) is 0. The summed E-state index contributed by atoms with van der Waals surface area (Å²) in [4.78, 5) is 0. The number of rotatable bonds is 10. The molecule has 0 amide bonds. The maximum Gasteiger partial charge on any atom is 0.109 e. The minimum Gasteiger partial charge on any atom is -0.395 e. The first-order valence-corrected chi connectivity index (χ1v) is 11.5. The molecule has 1 saturated heterocycles. The molecule has 4 atom stereocenters. The fourth-order valence-electron chi connectivity index (χ4n) is 6.77. The molecule has 1 aliphatic heterocycles. The average molecular weight is 398 g/mol. The Labute approximate surface area is 169 Å². The average Bonchev–Trinajstić information content (AvgIpc) is 2.66. The zero-order valence-corrected chi connectivity index (χ0v) is 17.1. The Bertz CT molecular complexity index is 466. The number of nitrogens with one attached hydrogen (secondary N) is 1. The molecule has 6 nitrogen and oxygen atoms in total. The molecule has 0 aromatic carbocycles. The number of ether oxygens (including phenoxy) is 2. The van der Waals surface area contributed by atoms with Crippen LogP contribution in [0.1, 0.15) is 57.8 Å². The Morgan fingerprint density at radius 2 is 1.50 bits per heavy atom. The number of hydrogen-bond acceptors (Lipinski definition) is 6. The van der Waals surface area contributed by atoms with Crippen LogP contribution >= 0.6 is 0 Å². The van der Waals surface area contributed by atoms with Gasteiger partial charge in [-0.25, -0.2) is 0 Å². The zero-order valence-electron chi connectivity index (χ0n) is 17.1. The Hall–Kier alpha value is -0.240. The van der Waals surface area contributed by atoms with Crippen molar-refractivity contribution in [2.24, 2.45) is 23.2 Å². The van der Waals surface area contributed by atoms with Crippen LogP contribution in [0.2, 0.25) is 0 Å². The van der Waals surface area contributed by atoms with Crippen LogP contribution in [-0.2, 0) is 9.47 Å². The lowest BCUT2D eigenvalue weighted by atomic mass is 9.50. The first kappa shape index (κ1) is 21.0. The van der Waals surface area contributed by atoms with Gasteiger partial charge in [-0.2, -0.15) is 0 Å². The topological polar surface area (TPSA) is 91.2 Å². The van der Waals surface area contributed by atoms with Gasteiger partial charge in [-0.15, -0.1) is 0 Å². The van der Waals surface area contributed by atoms with Gasteiger partial charge in [-0.3, -0.25) is 0 Å². The van der Waals surface area contributed by atoms with E-state index in [0.29, 0.717) is 18.6 Å². The SMILES string of the molecule is OC[C@H]1NC[C@H](OCCCCCOCC23CC4CC(CC(C4)C2)C3)[C@@H](O)[C@@H]1O. The van der Waals surface area contributed by atoms with E-state index in [1.54, 1.807) is 0 Å². The van der Waals surface area contributed by atoms with E-state index in [4.69, 9.17) is 14.6 Å². The fraction of sp³-hybridized carbons (Fsp3) is 1.00. The second-order valence-corrected chi connectivity index (χ2v) is 10.1. The molecule has 4 saturated carbocycles. The molecule has 28 heavy (non-hydrogen) atoms. The molecule has 0 aromatic rings. The minimum absolute atomic E-state index is 0.186. The normalized spacial score (nSPS) is 44.9. The van der Waals surface area contributed by atoms with Gasteiger partial charge in [0.25, 0.3) is 0 Å². The molecule has 0 unspecified atom stereocenters. The van der Waals surface area contributed by atoms with Crippen molar-refractivity contribution in [2.75, 3.05) is 33.0 Å². The number of hydrogen-bond donors (Lipinski definition) is 4. The lowest BCUT2D eigenvalue weighted by molar-refractivity contribution is -0.124. The molecular weight excluding hydrogens is 358 g/mol. The molecule has 0 radical (unpaired) electrons. The van der Waals surface area contributed by atoms with Crippen LogP contribution < -0.4 is 5.32 Å². The molecule has 5 rings (SSSR count). The van der Waals surface area contributed by atoms with Crippen molar-refractivity contribution in [2.45, 2.75) is 82.1 Å². The van der Waals surface area contributed by atoms with Crippen molar-refractivity contribution >= 4 is 0 Å². The molecule has 4 aliphatic carbocycles. The third-order valence-electron chi connectivity index (χ3n) is 7.76. The van der Waals surface area contributed by atoms with Gasteiger partial charge in [0.15, 0.2) is 0 Å². The van der Waals surface area contributed by atoms with E-state index in [0.717, 1.165) is 50.2 Å². The quantitative estimate of drug-likeness (QED) is 0.417. The second kappa shape index (κ2) is 9.27. The Morgan fingerprint density at radius 1 is 0.857 bits per heavy atom. The van der Waals surface area contributed by atoms with E-state index in [-0.39, 0.29) is 6.61 Å². The molecule has 0 spiro atoms. The van der Waals surface area contributed by atoms with E-state index >= 15 is 0 Å². The van der Waals surface area contributed by atoms with Crippen LogP contribution in [0.5, 0.6) is 0 Å². The summed E-state index contributed by atoms with van der Waals surface area (Å²) in [6, 6.07) is -0.471. The van der Waals surface area contributed by atoms with Gasteiger partial charge in [0.1, 0.15) is 6.10 Å². The highest BCUT2D eigenvalue weighted by atomic mass is 16.5. The van der Waals surface area contributed by atoms with Gasteiger partial charge in [0.05, 0.1) is 31.5 Å². The van der Waals surface area contributed by atoms with E-state index in [1.165, 1.54) is 38.5 Å². The predicted molar refractivity (Wildman–Crippen MR) is 106 cm³/mol. The molecule has 1 heterocycles. The van der Waals surface area contributed by atoms with Crippen molar-refractivity contribution in [3.63, 3.8) is 0 Å². The number of aliphatic hydroxyl groups is 3. The monoisotopic (exact) mass is 397 g/mol. The fourth-order valence-corrected chi connectivity index (χ4v) is 6.77. The maximum absolute atomic E-state index is 10.1. The van der Waals surface area contributed by atoms with Crippen LogP contribution in [0.4, 0.5) is 0 Å². The number of unbranched alkanes of at least 4 members (excludes halogenated alkanes) is 2. The Kier molecular flexibility index (Phi) is 6.96. The van der Waals surface area contributed by atoms with Crippen molar-refractivity contribution in [1.29, 1.82) is 0 Å². The van der Waals surface area contributed by atoms with Gasteiger partial charge in [0, 0.05) is 19.8 Å². The standard InChI is InChI=1S/C22H39NO5/c24-13-18-20(25)21(26)19(12-23-18)28-5-3-1-2-4-27-14-22-9-15-6-16(10-22)8-17(7-15)11-22/h15-21,23-26H,1-14H2/t15?,16?,17?,18-,19+,20-,21-,22?/m1/s1. The van der Waals surface area contributed by atoms with Crippen molar-refractivity contribution in [1.82, 2.24) is 5.32 Å². The summed E-state index contributed by atoms with van der Waals surface area (Å²) in [5, 5.41) is 32.2. The van der Waals surface area contributed by atoms with E-state index < -0.39 is 24.4 Å². The summed E-state index contributed by atoms with van der Waals surface area (Å²) >= 11 is 0. The van der Waals surface area contributed by atoms with E-state index in [1.807, 2.05) is 0 Å². The second-order valence-electron chi connectivity index (χ2n) is 10.1. The molecule has 4 bridgehead atoms. The lowest BCUT2D eigenvalue weighted by Gasteiger charge is -2.56. The van der Waals surface area contributed by atoms with E-state index in [2.05, 4.69) is 5.32 Å². The maximum atomic E-state index is 10.1. The van der Waals surface area contributed by atoms with E-state index in [9.17, 15) is 10.2 Å². The number of piperidine rings is 1. The molecule has 6 heteroatoms. The van der Waals surface area contributed by atoms with Crippen LogP contribution in [0.3, 0.4) is 0 Å². The third-order valence-corrected chi connectivity index (χ3v) is 7.76. The van der Waals surface area contributed by atoms with Crippen LogP contribution in [0.25, 0.3) is 0 Å². The summed E-state index contributed by atoms with van der Waals surface area (Å²) in [5.74, 6) is 2.97. The van der Waals surface area contributed by atoms with Gasteiger partial charge in [-0.05, 0) is 81.0 Å². The van der Waals surface area contributed by atoms with Gasteiger partial charge in [0.2, 0.25) is 0 Å². The summed E-state index contributed by atoms with van der Waals surface area (Å²) < 4.78 is 11.9. The molecular formula is C22H39NO5. The highest BCUT2D eigenvalue weighted by Crippen LogP contribution is 2.60. The highest BCUT2D eigenvalue weighted by molar-refractivity contribution is 5.01. The third kappa shape index (κ3) is 4.73. The van der Waals surface area contributed by atoms with Gasteiger partial charge >= 0.3 is 0 Å². The largest absolute Gasteiger partial charge is 0.395 e. The predicted octanol–water partition coefficient (Wildman–Crippen LogP) is 1.46. The molecule has 4 N–H and O–H groups in total. The highest BCUT2D eigenvalue weighted by Gasteiger charge is 2.50. The molecule has 0 aromatic heterocycles. The first-order chi connectivity index (χ1) is 13.6. The summed E-state index contributed by atoms with van der Waals surface area (Å²) in [6.45, 7) is 2.66. The molecule has 162 valence electrons. The van der Waals surface area contributed by atoms with Crippen LogP contribution in [-0.4, -0.2) is 72.6 Å². The molecule has 5 aliphatic rings. The van der Waals surface area contributed by atoms with Crippen molar-refractivity contribution in [3.05, 3.63) is 0 Å². The van der Waals surface area contributed by atoms with Gasteiger partial charge < -0.3 is 30.1 Å². The summed E-state index contributed by atoms with van der Waals surface area (Å²) in [5.41, 5.74) is 0.509. The number of aliphatic hydroxyl groups excluding tert-OH is 3. The Morgan fingerprint density at radius 3 is 2.14 bits per heavy atom. The first-order valence-electron chi connectivity index (χ1n) is 11.5. The van der Waals surface area contributed by atoms with Crippen molar-refractivity contribution in [3.8, 4) is 0 Å². The van der Waals surface area contributed by atoms with Gasteiger partial charge in [-0.1, -0.05) is 0 Å². The van der Waals surface area contributed by atoms with Crippen LogP contribution in [0.15, 0.2) is 0 Å². The smallest absolute Gasteiger partial charge is 0.109 e. The minimum atomic E-state index is -0.985. The Balaban J connectivity index is 1.05.